The van der Waals surface area contributed by atoms with Gasteiger partial charge in [-0.1, -0.05) is 0 Å². The SMILES string of the molecule is CC(C)N1CCC(c2nc3n(n2)C(CO)CCC3)C1. The molecule has 3 heterocycles. The molecule has 2 aliphatic heterocycles. The highest BCUT2D eigenvalue weighted by Crippen LogP contribution is 2.29. The number of aromatic nitrogens is 3. The van der Waals surface area contributed by atoms with Gasteiger partial charge in [-0.15, -0.1) is 0 Å². The summed E-state index contributed by atoms with van der Waals surface area (Å²) in [7, 11) is 0. The van der Waals surface area contributed by atoms with Crippen LogP contribution in [0.25, 0.3) is 0 Å². The number of aliphatic hydroxyl groups excluding tert-OH is 1. The summed E-state index contributed by atoms with van der Waals surface area (Å²) in [6.45, 7) is 6.89. The number of hydrogen-bond donors (Lipinski definition) is 1. The van der Waals surface area contributed by atoms with Crippen molar-refractivity contribution in [2.24, 2.45) is 0 Å². The molecule has 1 aromatic rings. The zero-order valence-electron chi connectivity index (χ0n) is 11.9. The largest absolute Gasteiger partial charge is 0.394 e. The minimum absolute atomic E-state index is 0.146. The number of rotatable bonds is 3. The van der Waals surface area contributed by atoms with E-state index in [-0.39, 0.29) is 12.6 Å². The number of aryl methyl sites for hydroxylation is 1. The lowest BCUT2D eigenvalue weighted by atomic mass is 10.1. The topological polar surface area (TPSA) is 54.2 Å². The molecule has 5 nitrogen and oxygen atoms in total. The van der Waals surface area contributed by atoms with Crippen LogP contribution in [0.3, 0.4) is 0 Å². The molecule has 2 aliphatic rings. The highest BCUT2D eigenvalue weighted by atomic mass is 16.3. The van der Waals surface area contributed by atoms with Gasteiger partial charge in [0.15, 0.2) is 5.82 Å². The first-order chi connectivity index (χ1) is 9.19. The molecule has 0 aliphatic carbocycles. The second-order valence-corrected chi connectivity index (χ2v) is 6.13. The Morgan fingerprint density at radius 1 is 1.37 bits per heavy atom. The molecule has 5 heteroatoms. The van der Waals surface area contributed by atoms with Gasteiger partial charge in [-0.2, -0.15) is 5.10 Å². The highest BCUT2D eigenvalue weighted by molar-refractivity contribution is 5.06. The van der Waals surface area contributed by atoms with Crippen molar-refractivity contribution in [2.45, 2.75) is 57.5 Å². The van der Waals surface area contributed by atoms with Crippen LogP contribution in [-0.4, -0.2) is 50.5 Å². The van der Waals surface area contributed by atoms with Crippen LogP contribution in [0.2, 0.25) is 0 Å². The van der Waals surface area contributed by atoms with Gasteiger partial charge in [-0.3, -0.25) is 0 Å². The van der Waals surface area contributed by atoms with E-state index >= 15 is 0 Å². The van der Waals surface area contributed by atoms with Crippen LogP contribution in [0.15, 0.2) is 0 Å². The van der Waals surface area contributed by atoms with Crippen molar-refractivity contribution in [3.05, 3.63) is 11.6 Å². The molecular weight excluding hydrogens is 240 g/mol. The fourth-order valence-electron chi connectivity index (χ4n) is 3.26. The Morgan fingerprint density at radius 3 is 2.89 bits per heavy atom. The van der Waals surface area contributed by atoms with Gasteiger partial charge in [-0.05, 0) is 39.7 Å². The molecule has 2 unspecified atom stereocenters. The van der Waals surface area contributed by atoms with Gasteiger partial charge in [-0.25, -0.2) is 9.67 Å². The van der Waals surface area contributed by atoms with E-state index in [0.29, 0.717) is 12.0 Å². The first-order valence-corrected chi connectivity index (χ1v) is 7.49. The molecule has 19 heavy (non-hydrogen) atoms. The standard InChI is InChI=1S/C14H24N4O/c1-10(2)17-7-6-11(8-17)14-15-13-5-3-4-12(9-19)18(13)16-14/h10-12,19H,3-9H2,1-2H3. The number of fused-ring (bicyclic) bond motifs is 1. The van der Waals surface area contributed by atoms with E-state index in [1.54, 1.807) is 0 Å². The Kier molecular flexibility index (Phi) is 3.58. The van der Waals surface area contributed by atoms with E-state index in [1.165, 1.54) is 0 Å². The van der Waals surface area contributed by atoms with Gasteiger partial charge in [0, 0.05) is 24.9 Å². The predicted octanol–water partition coefficient (Wildman–Crippen LogP) is 1.35. The lowest BCUT2D eigenvalue weighted by molar-refractivity contribution is 0.194. The lowest BCUT2D eigenvalue weighted by Gasteiger charge is -2.21. The fourth-order valence-corrected chi connectivity index (χ4v) is 3.26. The van der Waals surface area contributed by atoms with E-state index in [1.807, 2.05) is 4.68 Å². The summed E-state index contributed by atoms with van der Waals surface area (Å²) in [5, 5.41) is 14.1. The number of hydrogen-bond acceptors (Lipinski definition) is 4. The van der Waals surface area contributed by atoms with E-state index < -0.39 is 0 Å². The van der Waals surface area contributed by atoms with E-state index in [4.69, 9.17) is 10.1 Å². The summed E-state index contributed by atoms with van der Waals surface area (Å²) < 4.78 is 1.98. The lowest BCUT2D eigenvalue weighted by Crippen LogP contribution is -2.28. The number of likely N-dealkylation sites (tertiary alicyclic amines) is 1. The van der Waals surface area contributed by atoms with Gasteiger partial charge in [0.1, 0.15) is 5.82 Å². The number of aliphatic hydroxyl groups is 1. The molecule has 0 amide bonds. The molecule has 1 fully saturated rings. The average molecular weight is 264 g/mol. The summed E-state index contributed by atoms with van der Waals surface area (Å²) in [4.78, 5) is 7.23. The van der Waals surface area contributed by atoms with Crippen LogP contribution in [0, 0.1) is 0 Å². The Bertz CT molecular complexity index is 443. The van der Waals surface area contributed by atoms with Gasteiger partial charge >= 0.3 is 0 Å². The first kappa shape index (κ1) is 13.1. The molecule has 1 saturated heterocycles. The quantitative estimate of drug-likeness (QED) is 0.895. The second-order valence-electron chi connectivity index (χ2n) is 6.13. The minimum atomic E-state index is 0.146. The van der Waals surface area contributed by atoms with Gasteiger partial charge in [0.25, 0.3) is 0 Å². The van der Waals surface area contributed by atoms with Crippen molar-refractivity contribution in [3.63, 3.8) is 0 Å². The van der Waals surface area contributed by atoms with Crippen LogP contribution in [0.1, 0.15) is 56.7 Å². The minimum Gasteiger partial charge on any atom is -0.394 e. The van der Waals surface area contributed by atoms with Crippen LogP contribution >= 0.6 is 0 Å². The van der Waals surface area contributed by atoms with E-state index in [2.05, 4.69) is 18.7 Å². The van der Waals surface area contributed by atoms with Crippen LogP contribution in [0.5, 0.6) is 0 Å². The maximum Gasteiger partial charge on any atom is 0.155 e. The zero-order valence-corrected chi connectivity index (χ0v) is 11.9. The first-order valence-electron chi connectivity index (χ1n) is 7.49. The summed E-state index contributed by atoms with van der Waals surface area (Å²) in [6, 6.07) is 0.750. The maximum atomic E-state index is 9.43. The Balaban J connectivity index is 1.78. The predicted molar refractivity (Wildman–Crippen MR) is 73.1 cm³/mol. The summed E-state index contributed by atoms with van der Waals surface area (Å²) in [5.74, 6) is 2.54. The molecule has 1 N–H and O–H groups in total. The van der Waals surface area contributed by atoms with Crippen LogP contribution < -0.4 is 0 Å². The van der Waals surface area contributed by atoms with Crippen molar-refractivity contribution in [1.29, 1.82) is 0 Å². The van der Waals surface area contributed by atoms with Gasteiger partial charge in [0.2, 0.25) is 0 Å². The number of nitrogens with zero attached hydrogens (tertiary/aromatic N) is 4. The van der Waals surface area contributed by atoms with Gasteiger partial charge < -0.3 is 10.0 Å². The van der Waals surface area contributed by atoms with Crippen LogP contribution in [-0.2, 0) is 6.42 Å². The van der Waals surface area contributed by atoms with Crippen LogP contribution in [0.4, 0.5) is 0 Å². The van der Waals surface area contributed by atoms with Crippen molar-refractivity contribution >= 4 is 0 Å². The Labute approximate surface area is 114 Å². The smallest absolute Gasteiger partial charge is 0.155 e. The van der Waals surface area contributed by atoms with Gasteiger partial charge in [0.05, 0.1) is 12.6 Å². The summed E-state index contributed by atoms with van der Waals surface area (Å²) >= 11 is 0. The zero-order chi connectivity index (χ0) is 13.4. The maximum absolute atomic E-state index is 9.43. The summed E-state index contributed by atoms with van der Waals surface area (Å²) in [5.41, 5.74) is 0. The molecule has 0 saturated carbocycles. The fraction of sp³-hybridized carbons (Fsp3) is 0.857. The van der Waals surface area contributed by atoms with E-state index in [0.717, 1.165) is 50.4 Å². The molecule has 0 aromatic carbocycles. The molecule has 106 valence electrons. The monoisotopic (exact) mass is 264 g/mol. The second kappa shape index (κ2) is 5.21. The normalized spacial score (nSPS) is 28.0. The third kappa shape index (κ3) is 2.41. The van der Waals surface area contributed by atoms with Crippen molar-refractivity contribution in [1.82, 2.24) is 19.7 Å². The molecule has 3 rings (SSSR count). The molecule has 2 atom stereocenters. The molecule has 0 bridgehead atoms. The molecule has 1 aromatic heterocycles. The van der Waals surface area contributed by atoms with Crippen molar-refractivity contribution in [2.75, 3.05) is 19.7 Å². The highest BCUT2D eigenvalue weighted by Gasteiger charge is 2.30. The third-order valence-electron chi connectivity index (χ3n) is 4.53. The molecular formula is C14H24N4O. The van der Waals surface area contributed by atoms with E-state index in [9.17, 15) is 5.11 Å². The Morgan fingerprint density at radius 2 is 2.21 bits per heavy atom. The molecule has 0 radical (unpaired) electrons. The average Bonchev–Trinajstić information content (AvgIpc) is 3.04. The third-order valence-corrected chi connectivity index (χ3v) is 4.53. The van der Waals surface area contributed by atoms with Crippen molar-refractivity contribution in [3.8, 4) is 0 Å². The Hall–Kier alpha value is -0.940. The molecule has 0 spiro atoms. The van der Waals surface area contributed by atoms with Crippen molar-refractivity contribution < 1.29 is 5.11 Å². The summed E-state index contributed by atoms with van der Waals surface area (Å²) in [6.07, 6.45) is 4.30.